The van der Waals surface area contributed by atoms with Gasteiger partial charge in [0.1, 0.15) is 6.33 Å². The molecule has 0 radical (unpaired) electrons. The van der Waals surface area contributed by atoms with E-state index in [1.807, 2.05) is 12.2 Å². The molecule has 0 saturated heterocycles. The number of allylic oxidation sites excluding steroid dienone is 2. The summed E-state index contributed by atoms with van der Waals surface area (Å²) in [7, 11) is 0. The molecule has 66 valence electrons. The van der Waals surface area contributed by atoms with E-state index in [0.29, 0.717) is 5.92 Å². The molecule has 0 atom stereocenters. The molecule has 0 saturated carbocycles. The molecule has 0 amide bonds. The van der Waals surface area contributed by atoms with Gasteiger partial charge in [0.2, 0.25) is 0 Å². The Morgan fingerprint density at radius 3 is 3.08 bits per heavy atom. The number of imidazole rings is 1. The molecule has 3 heteroatoms. The van der Waals surface area contributed by atoms with E-state index < -0.39 is 0 Å². The number of rotatable bonds is 1. The fraction of sp³-hybridized carbons (Fsp3) is 0.300. The summed E-state index contributed by atoms with van der Waals surface area (Å²) in [5.74, 6) is 3.22. The molecule has 13 heavy (non-hydrogen) atoms. The Morgan fingerprint density at radius 2 is 2.31 bits per heavy atom. The van der Waals surface area contributed by atoms with Crippen molar-refractivity contribution in [2.45, 2.75) is 19.8 Å². The number of hydrogen-bond donors (Lipinski definition) is 0. The zero-order valence-corrected chi connectivity index (χ0v) is 7.73. The molecular formula is C10H11N3. The molecule has 1 aromatic rings. The predicted octanol–water partition coefficient (Wildman–Crippen LogP) is 2.02. The smallest absolute Gasteiger partial charge is 0.118 e. The van der Waals surface area contributed by atoms with E-state index in [0.717, 1.165) is 11.4 Å². The van der Waals surface area contributed by atoms with Gasteiger partial charge in [-0.2, -0.15) is 0 Å². The minimum Gasteiger partial charge on any atom is -0.239 e. The Balaban J connectivity index is 2.57. The van der Waals surface area contributed by atoms with Gasteiger partial charge in [-0.3, -0.25) is 0 Å². The Bertz CT molecular complexity index is 404. The Morgan fingerprint density at radius 1 is 1.46 bits per heavy atom. The number of nitrogens with zero attached hydrogens (tertiary/aromatic N) is 3. The molecule has 2 heterocycles. The second-order valence-electron chi connectivity index (χ2n) is 3.27. The van der Waals surface area contributed by atoms with Gasteiger partial charge in [0.05, 0.1) is 11.4 Å². The van der Waals surface area contributed by atoms with E-state index in [2.05, 4.69) is 29.8 Å². The topological polar surface area (TPSA) is 30.2 Å². The highest BCUT2D eigenvalue weighted by Gasteiger charge is 2.11. The second kappa shape index (κ2) is 3.04. The lowest BCUT2D eigenvalue weighted by molar-refractivity contribution is 0.821. The first-order valence-electron chi connectivity index (χ1n) is 4.32. The van der Waals surface area contributed by atoms with Crippen LogP contribution in [0, 0.1) is 0 Å². The lowest BCUT2D eigenvalue weighted by Gasteiger charge is -2.01. The van der Waals surface area contributed by atoms with Gasteiger partial charge in [-0.05, 0) is 12.0 Å². The van der Waals surface area contributed by atoms with Crippen LogP contribution < -0.4 is 0 Å². The van der Waals surface area contributed by atoms with Crippen LogP contribution in [0.1, 0.15) is 31.2 Å². The SMILES string of the molecule is CC(C)c1ncn2c1C=CC=C=N2. The molecular weight excluding hydrogens is 162 g/mol. The van der Waals surface area contributed by atoms with Crippen molar-refractivity contribution < 1.29 is 0 Å². The number of fused-ring (bicyclic) bond motifs is 1. The van der Waals surface area contributed by atoms with Crippen molar-refractivity contribution in [3.63, 3.8) is 0 Å². The van der Waals surface area contributed by atoms with E-state index in [4.69, 9.17) is 0 Å². The van der Waals surface area contributed by atoms with Gasteiger partial charge in [0, 0.05) is 11.9 Å². The first-order valence-corrected chi connectivity index (χ1v) is 4.32. The average molecular weight is 173 g/mol. The lowest BCUT2D eigenvalue weighted by Crippen LogP contribution is -1.93. The van der Waals surface area contributed by atoms with Crippen LogP contribution in [0.4, 0.5) is 0 Å². The maximum Gasteiger partial charge on any atom is 0.118 e. The summed E-state index contributed by atoms with van der Waals surface area (Å²) < 4.78 is 1.75. The normalized spacial score (nSPS) is 13.5. The maximum absolute atomic E-state index is 4.30. The van der Waals surface area contributed by atoms with E-state index in [-0.39, 0.29) is 0 Å². The van der Waals surface area contributed by atoms with Crippen molar-refractivity contribution in [1.82, 2.24) is 9.66 Å². The molecule has 0 spiro atoms. The minimum atomic E-state index is 0.425. The second-order valence-corrected chi connectivity index (χ2v) is 3.27. The summed E-state index contributed by atoms with van der Waals surface area (Å²) in [5.41, 5.74) is 2.13. The van der Waals surface area contributed by atoms with Gasteiger partial charge >= 0.3 is 0 Å². The zero-order valence-electron chi connectivity index (χ0n) is 7.73. The van der Waals surface area contributed by atoms with Crippen LogP contribution in [0.2, 0.25) is 0 Å². The Hall–Kier alpha value is -1.60. The van der Waals surface area contributed by atoms with E-state index in [1.54, 1.807) is 17.1 Å². The van der Waals surface area contributed by atoms with Crippen molar-refractivity contribution in [3.8, 4) is 0 Å². The van der Waals surface area contributed by atoms with Crippen molar-refractivity contribution in [3.05, 3.63) is 29.9 Å². The lowest BCUT2D eigenvalue weighted by atomic mass is 10.1. The third kappa shape index (κ3) is 1.34. The van der Waals surface area contributed by atoms with Crippen LogP contribution in [-0.4, -0.2) is 15.5 Å². The van der Waals surface area contributed by atoms with Gasteiger partial charge in [-0.15, -0.1) is 5.10 Å². The average Bonchev–Trinajstić information content (AvgIpc) is 2.36. The van der Waals surface area contributed by atoms with Crippen molar-refractivity contribution in [2.24, 2.45) is 5.10 Å². The molecule has 0 fully saturated rings. The maximum atomic E-state index is 4.30. The van der Waals surface area contributed by atoms with E-state index in [1.165, 1.54) is 0 Å². The largest absolute Gasteiger partial charge is 0.239 e. The van der Waals surface area contributed by atoms with Gasteiger partial charge < -0.3 is 0 Å². The van der Waals surface area contributed by atoms with Gasteiger partial charge in [-0.25, -0.2) is 9.66 Å². The molecule has 0 unspecified atom stereocenters. The van der Waals surface area contributed by atoms with Crippen LogP contribution in [0.15, 0.2) is 23.6 Å². The molecule has 0 N–H and O–H groups in total. The fourth-order valence-corrected chi connectivity index (χ4v) is 1.33. The number of aromatic nitrogens is 2. The molecule has 3 nitrogen and oxygen atoms in total. The van der Waals surface area contributed by atoms with E-state index >= 15 is 0 Å². The van der Waals surface area contributed by atoms with Gasteiger partial charge in [0.15, 0.2) is 0 Å². The highest BCUT2D eigenvalue weighted by molar-refractivity contribution is 5.63. The monoisotopic (exact) mass is 173 g/mol. The predicted molar refractivity (Wildman–Crippen MR) is 52.8 cm³/mol. The first kappa shape index (κ1) is 8.02. The fourth-order valence-electron chi connectivity index (χ4n) is 1.33. The van der Waals surface area contributed by atoms with Crippen LogP contribution in [-0.2, 0) is 0 Å². The third-order valence-corrected chi connectivity index (χ3v) is 1.95. The highest BCUT2D eigenvalue weighted by atomic mass is 15.4. The summed E-state index contributed by atoms with van der Waals surface area (Å²) in [6, 6.07) is 0. The van der Waals surface area contributed by atoms with E-state index in [9.17, 15) is 0 Å². The molecule has 2 rings (SSSR count). The summed E-state index contributed by atoms with van der Waals surface area (Å²) >= 11 is 0. The minimum absolute atomic E-state index is 0.425. The molecule has 1 aliphatic rings. The van der Waals surface area contributed by atoms with Crippen molar-refractivity contribution in [2.75, 3.05) is 0 Å². The molecule has 0 aliphatic carbocycles. The van der Waals surface area contributed by atoms with Gasteiger partial charge in [0.25, 0.3) is 0 Å². The van der Waals surface area contributed by atoms with Crippen LogP contribution in [0.3, 0.4) is 0 Å². The molecule has 0 bridgehead atoms. The van der Waals surface area contributed by atoms with Crippen molar-refractivity contribution in [1.29, 1.82) is 0 Å². The Labute approximate surface area is 77.1 Å². The van der Waals surface area contributed by atoms with Gasteiger partial charge in [-0.1, -0.05) is 19.9 Å². The first-order chi connectivity index (χ1) is 6.29. The summed E-state index contributed by atoms with van der Waals surface area (Å²) in [6.07, 6.45) is 7.44. The zero-order chi connectivity index (χ0) is 9.26. The Kier molecular flexibility index (Phi) is 1.87. The van der Waals surface area contributed by atoms with Crippen LogP contribution in [0.5, 0.6) is 0 Å². The highest BCUT2D eigenvalue weighted by Crippen LogP contribution is 2.19. The van der Waals surface area contributed by atoms with Crippen LogP contribution >= 0.6 is 0 Å². The number of hydrogen-bond acceptors (Lipinski definition) is 2. The molecule has 1 aliphatic heterocycles. The third-order valence-electron chi connectivity index (χ3n) is 1.95. The summed E-state index contributed by atoms with van der Waals surface area (Å²) in [4.78, 5) is 4.30. The standard InChI is InChI=1S/C10H11N3/c1-8(2)10-9-5-3-4-6-12-13(9)7-11-10/h3-5,7-8H,1-2H3. The summed E-state index contributed by atoms with van der Waals surface area (Å²) in [6.45, 7) is 4.25. The molecule has 1 aromatic heterocycles. The van der Waals surface area contributed by atoms with Crippen molar-refractivity contribution >= 4 is 11.9 Å². The van der Waals surface area contributed by atoms with Crippen LogP contribution in [0.25, 0.3) is 6.08 Å². The molecule has 0 aromatic carbocycles. The quantitative estimate of drug-likeness (QED) is 0.639. The summed E-state index contributed by atoms with van der Waals surface area (Å²) in [5, 5.41) is 4.08.